The van der Waals surface area contributed by atoms with E-state index in [1.165, 1.54) is 0 Å². The lowest BCUT2D eigenvalue weighted by molar-refractivity contribution is -0.126. The van der Waals surface area contributed by atoms with E-state index in [1.54, 1.807) is 6.07 Å². The Labute approximate surface area is 147 Å². The molecule has 6 heteroatoms. The summed E-state index contributed by atoms with van der Waals surface area (Å²) in [4.78, 5) is 11.9. The Morgan fingerprint density at radius 2 is 1.96 bits per heavy atom. The largest absolute Gasteiger partial charge is 0.459 e. The molecule has 0 aliphatic rings. The molecular formula is C18H22N2O3S. The summed E-state index contributed by atoms with van der Waals surface area (Å²) in [5.74, 6) is 1.09. The number of anilines is 1. The fourth-order valence-corrected chi connectivity index (χ4v) is 2.29. The zero-order valence-corrected chi connectivity index (χ0v) is 15.1. The molecule has 3 N–H and O–H groups in total. The molecule has 1 amide bonds. The van der Waals surface area contributed by atoms with Gasteiger partial charge in [-0.1, -0.05) is 20.8 Å². The van der Waals surface area contributed by atoms with Crippen molar-refractivity contribution in [2.45, 2.75) is 34.3 Å². The van der Waals surface area contributed by atoms with Crippen molar-refractivity contribution in [3.8, 4) is 11.3 Å². The molecule has 2 aromatic rings. The lowest BCUT2D eigenvalue weighted by atomic mass is 9.96. The molecule has 1 aromatic carbocycles. The van der Waals surface area contributed by atoms with Crippen LogP contribution >= 0.6 is 12.2 Å². The smallest absolute Gasteiger partial charge is 0.231 e. The number of benzene rings is 1. The molecule has 0 aliphatic carbocycles. The number of aliphatic hydroxyl groups excluding tert-OH is 1. The third kappa shape index (κ3) is 4.43. The molecule has 0 saturated carbocycles. The number of amides is 1. The van der Waals surface area contributed by atoms with Gasteiger partial charge in [-0.15, -0.1) is 0 Å². The minimum Gasteiger partial charge on any atom is -0.459 e. The van der Waals surface area contributed by atoms with Gasteiger partial charge in [-0.2, -0.15) is 0 Å². The van der Waals surface area contributed by atoms with Crippen LogP contribution in [0.3, 0.4) is 0 Å². The Morgan fingerprint density at radius 3 is 2.50 bits per heavy atom. The van der Waals surface area contributed by atoms with Gasteiger partial charge in [0.25, 0.3) is 0 Å². The van der Waals surface area contributed by atoms with Crippen molar-refractivity contribution in [3.05, 3.63) is 41.7 Å². The van der Waals surface area contributed by atoms with Crippen LogP contribution in [-0.2, 0) is 11.4 Å². The second-order valence-electron chi connectivity index (χ2n) is 6.61. The average molecular weight is 346 g/mol. The zero-order valence-electron chi connectivity index (χ0n) is 14.3. The number of carbonyl (C=O) groups is 1. The van der Waals surface area contributed by atoms with Gasteiger partial charge in [0.15, 0.2) is 5.11 Å². The van der Waals surface area contributed by atoms with E-state index in [-0.39, 0.29) is 17.6 Å². The predicted molar refractivity (Wildman–Crippen MR) is 98.6 cm³/mol. The first kappa shape index (κ1) is 18.2. The van der Waals surface area contributed by atoms with Crippen LogP contribution < -0.4 is 10.6 Å². The Hall–Kier alpha value is -2.18. The van der Waals surface area contributed by atoms with Crippen molar-refractivity contribution in [2.24, 2.45) is 5.41 Å². The Morgan fingerprint density at radius 1 is 1.25 bits per heavy atom. The van der Waals surface area contributed by atoms with Crippen LogP contribution in [0.4, 0.5) is 5.69 Å². The van der Waals surface area contributed by atoms with Crippen molar-refractivity contribution in [1.29, 1.82) is 0 Å². The van der Waals surface area contributed by atoms with Crippen LogP contribution in [0, 0.1) is 12.3 Å². The highest BCUT2D eigenvalue weighted by molar-refractivity contribution is 7.80. The molecule has 0 saturated heterocycles. The fourth-order valence-electron chi connectivity index (χ4n) is 2.08. The van der Waals surface area contributed by atoms with Gasteiger partial charge >= 0.3 is 0 Å². The maximum absolute atomic E-state index is 11.9. The van der Waals surface area contributed by atoms with Gasteiger partial charge in [0.2, 0.25) is 5.91 Å². The molecule has 1 heterocycles. The van der Waals surface area contributed by atoms with Crippen molar-refractivity contribution in [1.82, 2.24) is 5.32 Å². The lowest BCUT2D eigenvalue weighted by Crippen LogP contribution is -2.41. The highest BCUT2D eigenvalue weighted by Crippen LogP contribution is 2.27. The molecule has 0 spiro atoms. The molecule has 0 fully saturated rings. The lowest BCUT2D eigenvalue weighted by Gasteiger charge is -2.18. The maximum atomic E-state index is 11.9. The minimum absolute atomic E-state index is 0.125. The molecular weight excluding hydrogens is 324 g/mol. The number of aryl methyl sites for hydroxylation is 1. The molecule has 128 valence electrons. The van der Waals surface area contributed by atoms with Crippen LogP contribution in [0.15, 0.2) is 34.7 Å². The van der Waals surface area contributed by atoms with E-state index >= 15 is 0 Å². The molecule has 24 heavy (non-hydrogen) atoms. The second-order valence-corrected chi connectivity index (χ2v) is 7.02. The van der Waals surface area contributed by atoms with Crippen LogP contribution in [0.1, 0.15) is 32.1 Å². The molecule has 0 unspecified atom stereocenters. The first-order chi connectivity index (χ1) is 11.2. The SMILES string of the molecule is Cc1cc(NC(=S)NC(=O)C(C)(C)C)ccc1-c1ccc(CO)o1. The first-order valence-corrected chi connectivity index (χ1v) is 8.04. The Bertz CT molecular complexity index is 760. The summed E-state index contributed by atoms with van der Waals surface area (Å²) < 4.78 is 5.56. The first-order valence-electron chi connectivity index (χ1n) is 7.63. The Balaban J connectivity index is 2.09. The van der Waals surface area contributed by atoms with Crippen molar-refractivity contribution >= 4 is 28.9 Å². The second kappa shape index (κ2) is 7.15. The molecule has 0 aliphatic heterocycles. The van der Waals surface area contributed by atoms with Crippen LogP contribution in [0.25, 0.3) is 11.3 Å². The standard InChI is InChI=1S/C18H22N2O3S/c1-11-9-12(19-17(24)20-16(22)18(2,3)4)5-7-14(11)15-8-6-13(10-21)23-15/h5-9,21H,10H2,1-4H3,(H2,19,20,22,24). The molecule has 5 nitrogen and oxygen atoms in total. The summed E-state index contributed by atoms with van der Waals surface area (Å²) >= 11 is 5.18. The van der Waals surface area contributed by atoms with E-state index in [1.807, 2.05) is 52.0 Å². The molecule has 0 radical (unpaired) electrons. The van der Waals surface area contributed by atoms with Crippen molar-refractivity contribution < 1.29 is 14.3 Å². The number of rotatable bonds is 3. The maximum Gasteiger partial charge on any atom is 0.231 e. The number of thiocarbonyl (C=S) groups is 1. The van der Waals surface area contributed by atoms with Gasteiger partial charge in [-0.25, -0.2) is 0 Å². The summed E-state index contributed by atoms with van der Waals surface area (Å²) in [6.45, 7) is 7.31. The van der Waals surface area contributed by atoms with Gasteiger partial charge in [0.1, 0.15) is 18.1 Å². The van der Waals surface area contributed by atoms with Crippen molar-refractivity contribution in [2.75, 3.05) is 5.32 Å². The quantitative estimate of drug-likeness (QED) is 0.741. The summed E-state index contributed by atoms with van der Waals surface area (Å²) in [5.41, 5.74) is 2.20. The average Bonchev–Trinajstić information content (AvgIpc) is 2.95. The van der Waals surface area contributed by atoms with Gasteiger partial charge < -0.3 is 20.2 Å². The highest BCUT2D eigenvalue weighted by Gasteiger charge is 2.22. The summed E-state index contributed by atoms with van der Waals surface area (Å²) in [7, 11) is 0. The topological polar surface area (TPSA) is 74.5 Å². The molecule has 0 bridgehead atoms. The number of furan rings is 1. The molecule has 2 rings (SSSR count). The van der Waals surface area contributed by atoms with E-state index in [4.69, 9.17) is 21.7 Å². The third-order valence-corrected chi connectivity index (χ3v) is 3.68. The van der Waals surface area contributed by atoms with Gasteiger partial charge in [-0.3, -0.25) is 4.79 Å². The molecule has 1 aromatic heterocycles. The van der Waals surface area contributed by atoms with Crippen molar-refractivity contribution in [3.63, 3.8) is 0 Å². The molecule has 0 atom stereocenters. The summed E-state index contributed by atoms with van der Waals surface area (Å²) in [5, 5.41) is 15.0. The zero-order chi connectivity index (χ0) is 17.9. The number of aliphatic hydroxyl groups is 1. The Kier molecular flexibility index (Phi) is 5.41. The van der Waals surface area contributed by atoms with Crippen LogP contribution in [-0.4, -0.2) is 16.1 Å². The van der Waals surface area contributed by atoms with Crippen LogP contribution in [0.2, 0.25) is 0 Å². The summed E-state index contributed by atoms with van der Waals surface area (Å²) in [6, 6.07) is 9.27. The van der Waals surface area contributed by atoms with E-state index in [9.17, 15) is 4.79 Å². The fraction of sp³-hybridized carbons (Fsp3) is 0.333. The highest BCUT2D eigenvalue weighted by atomic mass is 32.1. The minimum atomic E-state index is -0.505. The van der Waals surface area contributed by atoms with Gasteiger partial charge in [0.05, 0.1) is 0 Å². The number of hydrogen-bond donors (Lipinski definition) is 3. The number of hydrogen-bond acceptors (Lipinski definition) is 4. The number of nitrogens with one attached hydrogen (secondary N) is 2. The normalized spacial score (nSPS) is 11.2. The van der Waals surface area contributed by atoms with E-state index in [2.05, 4.69) is 10.6 Å². The van der Waals surface area contributed by atoms with Gasteiger partial charge in [0, 0.05) is 16.7 Å². The van der Waals surface area contributed by atoms with Gasteiger partial charge in [-0.05, 0) is 55.0 Å². The number of carbonyl (C=O) groups excluding carboxylic acids is 1. The predicted octanol–water partition coefficient (Wildman–Crippen LogP) is 3.61. The monoisotopic (exact) mass is 346 g/mol. The van der Waals surface area contributed by atoms with E-state index in [0.29, 0.717) is 11.5 Å². The van der Waals surface area contributed by atoms with E-state index < -0.39 is 5.41 Å². The third-order valence-electron chi connectivity index (χ3n) is 3.48. The van der Waals surface area contributed by atoms with Crippen LogP contribution in [0.5, 0.6) is 0 Å². The summed E-state index contributed by atoms with van der Waals surface area (Å²) in [6.07, 6.45) is 0. The van der Waals surface area contributed by atoms with E-state index in [0.717, 1.165) is 16.8 Å².